The zero-order valence-electron chi connectivity index (χ0n) is 5.83. The monoisotopic (exact) mass is 154 g/mol. The van der Waals surface area contributed by atoms with Crippen molar-refractivity contribution in [2.45, 2.75) is 6.92 Å². The van der Waals surface area contributed by atoms with E-state index in [4.69, 9.17) is 5.11 Å². The molecule has 4 nitrogen and oxygen atoms in total. The summed E-state index contributed by atoms with van der Waals surface area (Å²) in [6.45, 7) is 1.54. The molecular formula is C7H6O4. The third-order valence-electron chi connectivity index (χ3n) is 1.28. The maximum absolute atomic E-state index is 10.5. The summed E-state index contributed by atoms with van der Waals surface area (Å²) >= 11 is 0. The van der Waals surface area contributed by atoms with Gasteiger partial charge in [-0.05, 0) is 12.5 Å². The number of carboxylic acid groups (broad SMARTS) is 1. The van der Waals surface area contributed by atoms with Crippen LogP contribution in [-0.2, 0) is 0 Å². The predicted octanol–water partition coefficient (Wildman–Crippen LogP) is 0.646. The van der Waals surface area contributed by atoms with E-state index in [9.17, 15) is 9.59 Å². The van der Waals surface area contributed by atoms with E-state index in [0.717, 1.165) is 12.3 Å². The first-order valence-electron chi connectivity index (χ1n) is 2.94. The van der Waals surface area contributed by atoms with Gasteiger partial charge in [0.1, 0.15) is 6.26 Å². The molecular weight excluding hydrogens is 148 g/mol. The maximum atomic E-state index is 10.5. The molecule has 0 saturated carbocycles. The Balaban J connectivity index is 3.31. The van der Waals surface area contributed by atoms with Crippen LogP contribution < -0.4 is 5.63 Å². The maximum Gasteiger partial charge on any atom is 0.339 e. The molecule has 0 aliphatic carbocycles. The summed E-state index contributed by atoms with van der Waals surface area (Å²) in [5.74, 6) is -1.09. The Morgan fingerprint density at radius 1 is 1.64 bits per heavy atom. The van der Waals surface area contributed by atoms with Crippen molar-refractivity contribution in [1.82, 2.24) is 0 Å². The van der Waals surface area contributed by atoms with Gasteiger partial charge in [0.25, 0.3) is 0 Å². The van der Waals surface area contributed by atoms with Crippen molar-refractivity contribution >= 4 is 5.97 Å². The molecule has 0 atom stereocenters. The van der Waals surface area contributed by atoms with Crippen molar-refractivity contribution in [3.8, 4) is 0 Å². The number of aryl methyl sites for hydroxylation is 1. The van der Waals surface area contributed by atoms with Crippen molar-refractivity contribution in [2.75, 3.05) is 0 Å². The highest BCUT2D eigenvalue weighted by atomic mass is 16.4. The van der Waals surface area contributed by atoms with E-state index in [-0.39, 0.29) is 5.56 Å². The first-order valence-corrected chi connectivity index (χ1v) is 2.94. The van der Waals surface area contributed by atoms with E-state index in [1.54, 1.807) is 6.92 Å². The van der Waals surface area contributed by atoms with Crippen molar-refractivity contribution in [3.05, 3.63) is 33.9 Å². The molecule has 0 aliphatic rings. The van der Waals surface area contributed by atoms with Crippen LogP contribution in [0.5, 0.6) is 0 Å². The van der Waals surface area contributed by atoms with Gasteiger partial charge in [-0.3, -0.25) is 0 Å². The molecule has 58 valence electrons. The molecule has 0 unspecified atom stereocenters. The van der Waals surface area contributed by atoms with Crippen LogP contribution in [-0.4, -0.2) is 11.1 Å². The zero-order chi connectivity index (χ0) is 8.43. The minimum Gasteiger partial charge on any atom is -0.478 e. The van der Waals surface area contributed by atoms with Crippen LogP contribution >= 0.6 is 0 Å². The normalized spacial score (nSPS) is 9.55. The highest BCUT2D eigenvalue weighted by Crippen LogP contribution is 2.02. The van der Waals surface area contributed by atoms with E-state index >= 15 is 0 Å². The van der Waals surface area contributed by atoms with Gasteiger partial charge in [-0.15, -0.1) is 0 Å². The number of rotatable bonds is 1. The van der Waals surface area contributed by atoms with E-state index < -0.39 is 11.6 Å². The summed E-state index contributed by atoms with van der Waals surface area (Å²) in [5.41, 5.74) is -0.106. The Morgan fingerprint density at radius 2 is 2.27 bits per heavy atom. The second-order valence-electron chi connectivity index (χ2n) is 2.10. The highest BCUT2D eigenvalue weighted by Gasteiger charge is 2.07. The Morgan fingerprint density at radius 3 is 2.73 bits per heavy atom. The Kier molecular flexibility index (Phi) is 1.76. The Hall–Kier alpha value is -1.58. The second-order valence-corrected chi connectivity index (χ2v) is 2.10. The molecule has 0 saturated heterocycles. The van der Waals surface area contributed by atoms with Crippen molar-refractivity contribution < 1.29 is 14.3 Å². The lowest BCUT2D eigenvalue weighted by molar-refractivity contribution is 0.0693. The van der Waals surface area contributed by atoms with Gasteiger partial charge < -0.3 is 9.52 Å². The van der Waals surface area contributed by atoms with Crippen LogP contribution in [0.3, 0.4) is 0 Å². The van der Waals surface area contributed by atoms with Gasteiger partial charge in [-0.25, -0.2) is 9.59 Å². The molecule has 0 aliphatic heterocycles. The number of hydrogen-bond acceptors (Lipinski definition) is 3. The van der Waals surface area contributed by atoms with Gasteiger partial charge in [0.2, 0.25) is 0 Å². The smallest absolute Gasteiger partial charge is 0.339 e. The molecule has 0 fully saturated rings. The average molecular weight is 154 g/mol. The fraction of sp³-hybridized carbons (Fsp3) is 0.143. The molecule has 0 spiro atoms. The molecule has 1 aromatic rings. The zero-order valence-corrected chi connectivity index (χ0v) is 5.83. The molecule has 0 amide bonds. The summed E-state index contributed by atoms with van der Waals surface area (Å²) in [6.07, 6.45) is 0.944. The number of carboxylic acids is 1. The first kappa shape index (κ1) is 7.53. The van der Waals surface area contributed by atoms with Crippen LogP contribution in [0.15, 0.2) is 21.5 Å². The van der Waals surface area contributed by atoms with E-state index in [0.29, 0.717) is 5.56 Å². The van der Waals surface area contributed by atoms with Crippen LogP contribution in [0.1, 0.15) is 15.9 Å². The fourth-order valence-corrected chi connectivity index (χ4v) is 0.718. The lowest BCUT2D eigenvalue weighted by Gasteiger charge is -1.94. The van der Waals surface area contributed by atoms with Gasteiger partial charge >= 0.3 is 11.6 Å². The van der Waals surface area contributed by atoms with Crippen LogP contribution in [0.25, 0.3) is 0 Å². The van der Waals surface area contributed by atoms with Gasteiger partial charge in [0.15, 0.2) is 0 Å². The third kappa shape index (κ3) is 1.46. The van der Waals surface area contributed by atoms with E-state index in [1.165, 1.54) is 0 Å². The van der Waals surface area contributed by atoms with Crippen molar-refractivity contribution in [2.24, 2.45) is 0 Å². The van der Waals surface area contributed by atoms with E-state index in [1.807, 2.05) is 0 Å². The number of hydrogen-bond donors (Lipinski definition) is 1. The molecule has 0 radical (unpaired) electrons. The molecule has 1 N–H and O–H groups in total. The standard InChI is InChI=1S/C7H6O4/c1-4-2-6(8)11-3-5(4)7(9)10/h2-3H,1H3,(H,9,10). The summed E-state index contributed by atoms with van der Waals surface area (Å²) in [6, 6.07) is 1.14. The molecule has 0 bridgehead atoms. The van der Waals surface area contributed by atoms with Gasteiger partial charge in [0.05, 0.1) is 5.56 Å². The molecule has 1 heterocycles. The number of aromatic carboxylic acids is 1. The SMILES string of the molecule is Cc1cc(=O)occ1C(=O)O. The van der Waals surface area contributed by atoms with Gasteiger partial charge in [-0.2, -0.15) is 0 Å². The minimum atomic E-state index is -1.09. The quantitative estimate of drug-likeness (QED) is 0.644. The summed E-state index contributed by atoms with van der Waals surface area (Å²) in [5, 5.41) is 8.49. The topological polar surface area (TPSA) is 67.5 Å². The minimum absolute atomic E-state index is 0.0181. The predicted molar refractivity (Wildman–Crippen MR) is 36.7 cm³/mol. The largest absolute Gasteiger partial charge is 0.478 e. The van der Waals surface area contributed by atoms with E-state index in [2.05, 4.69) is 4.42 Å². The molecule has 4 heteroatoms. The van der Waals surface area contributed by atoms with Crippen molar-refractivity contribution in [1.29, 1.82) is 0 Å². The first-order chi connectivity index (χ1) is 5.11. The second kappa shape index (κ2) is 2.57. The van der Waals surface area contributed by atoms with Crippen LogP contribution in [0, 0.1) is 6.92 Å². The summed E-state index contributed by atoms with van der Waals surface area (Å²) < 4.78 is 4.36. The Labute approximate surface area is 62.1 Å². The van der Waals surface area contributed by atoms with Crippen LogP contribution in [0.2, 0.25) is 0 Å². The van der Waals surface area contributed by atoms with Gasteiger partial charge in [0, 0.05) is 6.07 Å². The highest BCUT2D eigenvalue weighted by molar-refractivity contribution is 5.88. The lowest BCUT2D eigenvalue weighted by Crippen LogP contribution is -2.05. The molecule has 11 heavy (non-hydrogen) atoms. The third-order valence-corrected chi connectivity index (χ3v) is 1.28. The Bertz CT molecular complexity index is 337. The lowest BCUT2D eigenvalue weighted by atomic mass is 10.2. The van der Waals surface area contributed by atoms with Gasteiger partial charge in [-0.1, -0.05) is 0 Å². The molecule has 1 aromatic heterocycles. The van der Waals surface area contributed by atoms with Crippen molar-refractivity contribution in [3.63, 3.8) is 0 Å². The summed E-state index contributed by atoms with van der Waals surface area (Å²) in [4.78, 5) is 20.9. The number of carbonyl (C=O) groups is 1. The molecule has 1 rings (SSSR count). The average Bonchev–Trinajstić information content (AvgIpc) is 1.85. The molecule has 0 aromatic carbocycles. The summed E-state index contributed by atoms with van der Waals surface area (Å²) in [7, 11) is 0. The van der Waals surface area contributed by atoms with Crippen LogP contribution in [0.4, 0.5) is 0 Å². The fourth-order valence-electron chi connectivity index (χ4n) is 0.718.